The van der Waals surface area contributed by atoms with E-state index < -0.39 is 17.8 Å². The Morgan fingerprint density at radius 2 is 2.07 bits per heavy atom. The van der Waals surface area contributed by atoms with Crippen molar-refractivity contribution in [1.82, 2.24) is 0 Å². The summed E-state index contributed by atoms with van der Waals surface area (Å²) in [7, 11) is 0. The molecule has 0 aliphatic carbocycles. The minimum absolute atomic E-state index is 0.120. The molecule has 1 aromatic rings. The Bertz CT molecular complexity index is 379. The predicted molar refractivity (Wildman–Crippen MR) is 50.8 cm³/mol. The normalized spacial score (nSPS) is 10.6. The molecule has 0 saturated heterocycles. The van der Waals surface area contributed by atoms with E-state index in [-0.39, 0.29) is 16.3 Å². The number of alkyl halides is 2. The number of carbonyl (C=O) groups is 1. The number of hydrogen-bond acceptors (Lipinski definition) is 2. The Balaban J connectivity index is 3.44. The fourth-order valence-electron chi connectivity index (χ4n) is 1.17. The second-order valence-corrected chi connectivity index (χ2v) is 3.25. The molecule has 1 aromatic carbocycles. The van der Waals surface area contributed by atoms with E-state index in [9.17, 15) is 13.6 Å². The first kappa shape index (κ1) is 10.9. The Kier molecular flexibility index (Phi) is 3.06. The number of Topliss-reactive ketones (excluding diaryl/α,β-unsaturated/α-hetero) is 1. The standard InChI is InChI=1S/C9H8ClF2NO/c1-4(14)6-2-5(10)3-7(13)8(6)9(11)12/h2-3,9H,13H2,1H3. The maximum Gasteiger partial charge on any atom is 0.266 e. The second-order valence-electron chi connectivity index (χ2n) is 2.81. The highest BCUT2D eigenvalue weighted by atomic mass is 35.5. The summed E-state index contributed by atoms with van der Waals surface area (Å²) in [5.41, 5.74) is 4.63. The molecule has 0 heterocycles. The molecule has 0 aliphatic heterocycles. The van der Waals surface area contributed by atoms with Gasteiger partial charge in [0.1, 0.15) is 0 Å². The molecule has 0 bridgehead atoms. The van der Waals surface area contributed by atoms with Crippen molar-refractivity contribution in [1.29, 1.82) is 0 Å². The van der Waals surface area contributed by atoms with Gasteiger partial charge in [-0.3, -0.25) is 4.79 Å². The number of carbonyl (C=O) groups excluding carboxylic acids is 1. The largest absolute Gasteiger partial charge is 0.398 e. The molecule has 0 unspecified atom stereocenters. The molecule has 0 spiro atoms. The average molecular weight is 220 g/mol. The number of benzene rings is 1. The van der Waals surface area contributed by atoms with Crippen LogP contribution in [0.15, 0.2) is 12.1 Å². The first-order chi connectivity index (χ1) is 6.43. The highest BCUT2D eigenvalue weighted by Gasteiger charge is 2.19. The van der Waals surface area contributed by atoms with E-state index in [0.29, 0.717) is 0 Å². The third kappa shape index (κ3) is 2.01. The molecule has 0 fully saturated rings. The maximum atomic E-state index is 12.5. The Labute approximate surface area is 84.7 Å². The summed E-state index contributed by atoms with van der Waals surface area (Å²) in [4.78, 5) is 11.0. The molecular formula is C9H8ClF2NO. The molecule has 0 saturated carbocycles. The van der Waals surface area contributed by atoms with Crippen molar-refractivity contribution in [3.05, 3.63) is 28.3 Å². The molecule has 0 radical (unpaired) electrons. The van der Waals surface area contributed by atoms with Gasteiger partial charge in [-0.1, -0.05) is 11.6 Å². The SMILES string of the molecule is CC(=O)c1cc(Cl)cc(N)c1C(F)F. The van der Waals surface area contributed by atoms with Crippen LogP contribution in [0.5, 0.6) is 0 Å². The van der Waals surface area contributed by atoms with Crippen molar-refractivity contribution >= 4 is 23.1 Å². The zero-order valence-electron chi connectivity index (χ0n) is 7.35. The molecule has 0 aliphatic rings. The van der Waals surface area contributed by atoms with E-state index in [4.69, 9.17) is 17.3 Å². The first-order valence-corrected chi connectivity index (χ1v) is 4.19. The number of nitrogen functional groups attached to an aromatic ring is 1. The molecular weight excluding hydrogens is 212 g/mol. The second kappa shape index (κ2) is 3.92. The zero-order chi connectivity index (χ0) is 10.9. The Morgan fingerprint density at radius 3 is 2.50 bits per heavy atom. The van der Waals surface area contributed by atoms with Crippen LogP contribution < -0.4 is 5.73 Å². The molecule has 0 amide bonds. The number of hydrogen-bond donors (Lipinski definition) is 1. The van der Waals surface area contributed by atoms with Crippen LogP contribution in [0.1, 0.15) is 29.3 Å². The van der Waals surface area contributed by atoms with Gasteiger partial charge in [0.05, 0.1) is 5.56 Å². The number of ketones is 1. The fourth-order valence-corrected chi connectivity index (χ4v) is 1.40. The third-order valence-electron chi connectivity index (χ3n) is 1.77. The van der Waals surface area contributed by atoms with Gasteiger partial charge in [-0.15, -0.1) is 0 Å². The maximum absolute atomic E-state index is 12.5. The van der Waals surface area contributed by atoms with Gasteiger partial charge in [0.25, 0.3) is 6.43 Å². The summed E-state index contributed by atoms with van der Waals surface area (Å²) in [5.74, 6) is -0.477. The molecule has 5 heteroatoms. The van der Waals surface area contributed by atoms with Gasteiger partial charge in [-0.05, 0) is 19.1 Å². The minimum atomic E-state index is -2.77. The van der Waals surface area contributed by atoms with Crippen molar-refractivity contribution in [2.75, 3.05) is 5.73 Å². The van der Waals surface area contributed by atoms with Gasteiger partial charge >= 0.3 is 0 Å². The van der Waals surface area contributed by atoms with Crippen LogP contribution in [0.3, 0.4) is 0 Å². The molecule has 1 rings (SSSR count). The molecule has 2 N–H and O–H groups in total. The van der Waals surface area contributed by atoms with Gasteiger partial charge in [-0.25, -0.2) is 8.78 Å². The van der Waals surface area contributed by atoms with Crippen LogP contribution in [-0.2, 0) is 0 Å². The van der Waals surface area contributed by atoms with E-state index in [1.165, 1.54) is 19.1 Å². The van der Waals surface area contributed by atoms with Crippen LogP contribution in [-0.4, -0.2) is 5.78 Å². The van der Waals surface area contributed by atoms with Crippen molar-refractivity contribution in [3.8, 4) is 0 Å². The van der Waals surface area contributed by atoms with E-state index >= 15 is 0 Å². The van der Waals surface area contributed by atoms with Gasteiger partial charge < -0.3 is 5.73 Å². The monoisotopic (exact) mass is 219 g/mol. The molecule has 0 aromatic heterocycles. The first-order valence-electron chi connectivity index (χ1n) is 3.81. The zero-order valence-corrected chi connectivity index (χ0v) is 8.11. The lowest BCUT2D eigenvalue weighted by Crippen LogP contribution is -2.04. The number of rotatable bonds is 2. The smallest absolute Gasteiger partial charge is 0.266 e. The number of anilines is 1. The topological polar surface area (TPSA) is 43.1 Å². The highest BCUT2D eigenvalue weighted by Crippen LogP contribution is 2.31. The van der Waals surface area contributed by atoms with E-state index in [1.54, 1.807) is 0 Å². The fraction of sp³-hybridized carbons (Fsp3) is 0.222. The Hall–Kier alpha value is -1.16. The van der Waals surface area contributed by atoms with Crippen molar-refractivity contribution in [2.45, 2.75) is 13.3 Å². The molecule has 2 nitrogen and oxygen atoms in total. The summed E-state index contributed by atoms with van der Waals surface area (Å²) in [6.45, 7) is 1.19. The van der Waals surface area contributed by atoms with Crippen LogP contribution in [0.25, 0.3) is 0 Å². The highest BCUT2D eigenvalue weighted by molar-refractivity contribution is 6.31. The Morgan fingerprint density at radius 1 is 1.50 bits per heavy atom. The lowest BCUT2D eigenvalue weighted by Gasteiger charge is -2.09. The summed E-state index contributed by atoms with van der Waals surface area (Å²) in [5, 5.41) is 0.178. The van der Waals surface area contributed by atoms with Gasteiger partial charge in [0.2, 0.25) is 0 Å². The lowest BCUT2D eigenvalue weighted by molar-refractivity contribution is 0.0999. The third-order valence-corrected chi connectivity index (χ3v) is 1.99. The predicted octanol–water partition coefficient (Wildman–Crippen LogP) is 3.06. The van der Waals surface area contributed by atoms with Crippen LogP contribution in [0, 0.1) is 0 Å². The summed E-state index contributed by atoms with van der Waals surface area (Å²) < 4.78 is 25.0. The van der Waals surface area contributed by atoms with Crippen molar-refractivity contribution in [3.63, 3.8) is 0 Å². The van der Waals surface area contributed by atoms with Crippen molar-refractivity contribution in [2.24, 2.45) is 0 Å². The number of nitrogens with two attached hydrogens (primary N) is 1. The number of halogens is 3. The van der Waals surface area contributed by atoms with E-state index in [2.05, 4.69) is 0 Å². The summed E-state index contributed by atoms with van der Waals surface area (Å²) in [6, 6.07) is 2.40. The molecule has 76 valence electrons. The van der Waals surface area contributed by atoms with E-state index in [0.717, 1.165) is 0 Å². The van der Waals surface area contributed by atoms with Gasteiger partial charge in [-0.2, -0.15) is 0 Å². The lowest BCUT2D eigenvalue weighted by atomic mass is 10.0. The van der Waals surface area contributed by atoms with Crippen LogP contribution in [0.4, 0.5) is 14.5 Å². The average Bonchev–Trinajstić information content (AvgIpc) is 2.01. The van der Waals surface area contributed by atoms with Crippen LogP contribution in [0.2, 0.25) is 5.02 Å². The summed E-state index contributed by atoms with van der Waals surface area (Å²) >= 11 is 5.59. The molecule has 0 atom stereocenters. The van der Waals surface area contributed by atoms with Gasteiger partial charge in [0, 0.05) is 16.3 Å². The van der Waals surface area contributed by atoms with E-state index in [1.807, 2.05) is 0 Å². The van der Waals surface area contributed by atoms with Crippen molar-refractivity contribution < 1.29 is 13.6 Å². The quantitative estimate of drug-likeness (QED) is 0.614. The van der Waals surface area contributed by atoms with Gasteiger partial charge in [0.15, 0.2) is 5.78 Å². The minimum Gasteiger partial charge on any atom is -0.398 e. The summed E-state index contributed by atoms with van der Waals surface area (Å²) in [6.07, 6.45) is -2.77. The van der Waals surface area contributed by atoms with Crippen LogP contribution >= 0.6 is 11.6 Å². The molecule has 14 heavy (non-hydrogen) atoms.